The Hall–Kier alpha value is -2.16. The molecule has 120 valence electrons. The number of aryl methyl sites for hydroxylation is 1. The summed E-state index contributed by atoms with van der Waals surface area (Å²) in [5.41, 5.74) is 4.40. The van der Waals surface area contributed by atoms with Gasteiger partial charge in [-0.25, -0.2) is 0 Å². The Balaban J connectivity index is 1.97. The summed E-state index contributed by atoms with van der Waals surface area (Å²) in [6.45, 7) is 6.81. The van der Waals surface area contributed by atoms with E-state index in [4.69, 9.17) is 4.98 Å². The predicted molar refractivity (Wildman–Crippen MR) is 92.9 cm³/mol. The SMILES string of the molecule is Cc1cc(-c2ccccc2)cc(C2CCCN2C(=O)C(C)C)n1. The summed E-state index contributed by atoms with van der Waals surface area (Å²) in [5, 5.41) is 0. The molecule has 0 radical (unpaired) electrons. The zero-order valence-corrected chi connectivity index (χ0v) is 14.1. The second-order valence-electron chi connectivity index (χ2n) is 6.63. The number of carbonyl (C=O) groups is 1. The number of pyridine rings is 1. The molecule has 3 nitrogen and oxygen atoms in total. The van der Waals surface area contributed by atoms with Crippen LogP contribution in [0.1, 0.15) is 44.1 Å². The predicted octanol–water partition coefficient (Wildman–Crippen LogP) is 4.38. The van der Waals surface area contributed by atoms with Gasteiger partial charge in [-0.3, -0.25) is 9.78 Å². The van der Waals surface area contributed by atoms with Gasteiger partial charge in [-0.1, -0.05) is 44.2 Å². The van der Waals surface area contributed by atoms with Crippen molar-refractivity contribution in [1.82, 2.24) is 9.88 Å². The van der Waals surface area contributed by atoms with E-state index in [1.807, 2.05) is 31.7 Å². The second-order valence-corrected chi connectivity index (χ2v) is 6.63. The van der Waals surface area contributed by atoms with Gasteiger partial charge in [0.25, 0.3) is 0 Å². The van der Waals surface area contributed by atoms with Gasteiger partial charge in [-0.05, 0) is 43.0 Å². The van der Waals surface area contributed by atoms with Gasteiger partial charge >= 0.3 is 0 Å². The maximum atomic E-state index is 12.5. The van der Waals surface area contributed by atoms with Gasteiger partial charge in [-0.2, -0.15) is 0 Å². The molecule has 2 aromatic rings. The third kappa shape index (κ3) is 3.29. The number of hydrogen-bond acceptors (Lipinski definition) is 2. The molecule has 0 bridgehead atoms. The molecule has 3 rings (SSSR count). The van der Waals surface area contributed by atoms with E-state index in [0.29, 0.717) is 0 Å². The van der Waals surface area contributed by atoms with E-state index in [1.54, 1.807) is 0 Å². The third-order valence-electron chi connectivity index (χ3n) is 4.45. The minimum atomic E-state index is 0.0361. The molecule has 0 N–H and O–H groups in total. The lowest BCUT2D eigenvalue weighted by Gasteiger charge is -2.26. The molecule has 23 heavy (non-hydrogen) atoms. The van der Waals surface area contributed by atoms with Crippen molar-refractivity contribution in [2.24, 2.45) is 5.92 Å². The fraction of sp³-hybridized carbons (Fsp3) is 0.400. The van der Waals surface area contributed by atoms with Gasteiger partial charge < -0.3 is 4.90 Å². The van der Waals surface area contributed by atoms with E-state index in [1.165, 1.54) is 11.1 Å². The van der Waals surface area contributed by atoms with E-state index in [9.17, 15) is 4.79 Å². The van der Waals surface area contributed by atoms with Gasteiger partial charge in [-0.15, -0.1) is 0 Å². The maximum Gasteiger partial charge on any atom is 0.225 e. The molecule has 1 amide bonds. The summed E-state index contributed by atoms with van der Waals surface area (Å²) < 4.78 is 0. The van der Waals surface area contributed by atoms with Crippen molar-refractivity contribution in [3.05, 3.63) is 53.9 Å². The topological polar surface area (TPSA) is 33.2 Å². The van der Waals surface area contributed by atoms with Gasteiger partial charge in [0.1, 0.15) is 0 Å². The number of benzene rings is 1. The van der Waals surface area contributed by atoms with Gasteiger partial charge in [0, 0.05) is 18.2 Å². The van der Waals surface area contributed by atoms with Crippen LogP contribution in [0.25, 0.3) is 11.1 Å². The van der Waals surface area contributed by atoms with Gasteiger partial charge in [0.15, 0.2) is 0 Å². The molecule has 0 aliphatic carbocycles. The summed E-state index contributed by atoms with van der Waals surface area (Å²) in [6.07, 6.45) is 2.06. The lowest BCUT2D eigenvalue weighted by Crippen LogP contribution is -2.34. The van der Waals surface area contributed by atoms with Crippen LogP contribution < -0.4 is 0 Å². The minimum Gasteiger partial charge on any atom is -0.334 e. The molecular weight excluding hydrogens is 284 g/mol. The zero-order chi connectivity index (χ0) is 16.4. The van der Waals surface area contributed by atoms with Crippen molar-refractivity contribution < 1.29 is 4.79 Å². The molecule has 0 spiro atoms. The molecule has 1 aromatic carbocycles. The maximum absolute atomic E-state index is 12.5. The quantitative estimate of drug-likeness (QED) is 0.843. The van der Waals surface area contributed by atoms with Crippen molar-refractivity contribution in [2.45, 2.75) is 39.7 Å². The highest BCUT2D eigenvalue weighted by Crippen LogP contribution is 2.34. The molecule has 2 heterocycles. The smallest absolute Gasteiger partial charge is 0.225 e. The van der Waals surface area contributed by atoms with Crippen LogP contribution in [0, 0.1) is 12.8 Å². The van der Waals surface area contributed by atoms with Crippen LogP contribution in [-0.2, 0) is 4.79 Å². The second kappa shape index (κ2) is 6.53. The lowest BCUT2D eigenvalue weighted by molar-refractivity contribution is -0.135. The summed E-state index contributed by atoms with van der Waals surface area (Å²) in [7, 11) is 0. The highest BCUT2D eigenvalue weighted by molar-refractivity contribution is 5.79. The van der Waals surface area contributed by atoms with Gasteiger partial charge in [0.2, 0.25) is 5.91 Å². The van der Waals surface area contributed by atoms with Crippen molar-refractivity contribution in [3.63, 3.8) is 0 Å². The van der Waals surface area contributed by atoms with Crippen molar-refractivity contribution in [1.29, 1.82) is 0 Å². The number of carbonyl (C=O) groups excluding carboxylic acids is 1. The molecule has 3 heteroatoms. The summed E-state index contributed by atoms with van der Waals surface area (Å²) in [4.78, 5) is 19.2. The van der Waals surface area contributed by atoms with Crippen LogP contribution in [0.4, 0.5) is 0 Å². The molecule has 1 aliphatic heterocycles. The summed E-state index contributed by atoms with van der Waals surface area (Å²) >= 11 is 0. The monoisotopic (exact) mass is 308 g/mol. The largest absolute Gasteiger partial charge is 0.334 e. The van der Waals surface area contributed by atoms with E-state index >= 15 is 0 Å². The first-order valence-corrected chi connectivity index (χ1v) is 8.41. The molecule has 1 saturated heterocycles. The highest BCUT2D eigenvalue weighted by atomic mass is 16.2. The van der Waals surface area contributed by atoms with Crippen LogP contribution in [0.2, 0.25) is 0 Å². The third-order valence-corrected chi connectivity index (χ3v) is 4.45. The number of likely N-dealkylation sites (tertiary alicyclic amines) is 1. The first kappa shape index (κ1) is 15.7. The Labute approximate surface area is 138 Å². The van der Waals surface area contributed by atoms with E-state index in [0.717, 1.165) is 30.8 Å². The zero-order valence-electron chi connectivity index (χ0n) is 14.1. The Morgan fingerprint density at radius 1 is 1.17 bits per heavy atom. The minimum absolute atomic E-state index is 0.0361. The molecule has 1 fully saturated rings. The molecule has 1 aliphatic rings. The molecular formula is C20H24N2O. The van der Waals surface area contributed by atoms with E-state index < -0.39 is 0 Å². The molecule has 1 unspecified atom stereocenters. The lowest BCUT2D eigenvalue weighted by atomic mass is 10.0. The Kier molecular flexibility index (Phi) is 4.46. The number of hydrogen-bond donors (Lipinski definition) is 0. The number of nitrogens with zero attached hydrogens (tertiary/aromatic N) is 2. The fourth-order valence-corrected chi connectivity index (χ4v) is 3.33. The van der Waals surface area contributed by atoms with Crippen LogP contribution in [0.5, 0.6) is 0 Å². The Morgan fingerprint density at radius 3 is 2.61 bits per heavy atom. The Bertz CT molecular complexity index is 694. The van der Waals surface area contributed by atoms with E-state index in [2.05, 4.69) is 36.4 Å². The van der Waals surface area contributed by atoms with Crippen molar-refractivity contribution in [3.8, 4) is 11.1 Å². The van der Waals surface area contributed by atoms with Gasteiger partial charge in [0.05, 0.1) is 11.7 Å². The van der Waals surface area contributed by atoms with Crippen molar-refractivity contribution >= 4 is 5.91 Å². The first-order chi connectivity index (χ1) is 11.1. The van der Waals surface area contributed by atoms with E-state index in [-0.39, 0.29) is 17.9 Å². The first-order valence-electron chi connectivity index (χ1n) is 8.41. The number of amides is 1. The molecule has 1 aromatic heterocycles. The van der Waals surface area contributed by atoms with Crippen molar-refractivity contribution in [2.75, 3.05) is 6.54 Å². The fourth-order valence-electron chi connectivity index (χ4n) is 3.33. The summed E-state index contributed by atoms with van der Waals surface area (Å²) in [5.74, 6) is 0.270. The number of aromatic nitrogens is 1. The normalized spacial score (nSPS) is 17.7. The van der Waals surface area contributed by atoms with Crippen LogP contribution >= 0.6 is 0 Å². The molecule has 1 atom stereocenters. The summed E-state index contributed by atoms with van der Waals surface area (Å²) in [6, 6.07) is 14.7. The Morgan fingerprint density at radius 2 is 1.91 bits per heavy atom. The molecule has 0 saturated carbocycles. The highest BCUT2D eigenvalue weighted by Gasteiger charge is 2.32. The van der Waals surface area contributed by atoms with Crippen LogP contribution in [-0.4, -0.2) is 22.3 Å². The average molecular weight is 308 g/mol. The standard InChI is InChI=1S/C20H24N2O/c1-14(2)20(23)22-11-7-10-19(22)18-13-17(12-15(3)21-18)16-8-5-4-6-9-16/h4-6,8-9,12-14,19H,7,10-11H2,1-3H3. The van der Waals surface area contributed by atoms with Crippen LogP contribution in [0.3, 0.4) is 0 Å². The average Bonchev–Trinajstić information content (AvgIpc) is 3.03. The van der Waals surface area contributed by atoms with Crippen LogP contribution in [0.15, 0.2) is 42.5 Å². The number of rotatable bonds is 3.